The van der Waals surface area contributed by atoms with Gasteiger partial charge >= 0.3 is 0 Å². The topological polar surface area (TPSA) is 49.4 Å². The number of allylic oxidation sites excluding steroid dienone is 1. The van der Waals surface area contributed by atoms with E-state index in [1.54, 1.807) is 0 Å². The Kier molecular flexibility index (Phi) is 8.79. The smallest absolute Gasteiger partial charge is 0.256 e. The van der Waals surface area contributed by atoms with Gasteiger partial charge in [-0.15, -0.1) is 6.58 Å². The van der Waals surface area contributed by atoms with E-state index >= 15 is 0 Å². The van der Waals surface area contributed by atoms with Crippen molar-refractivity contribution in [1.29, 1.82) is 0 Å². The third-order valence-corrected chi connectivity index (χ3v) is 7.39. The van der Waals surface area contributed by atoms with Crippen molar-refractivity contribution in [3.8, 4) is 11.1 Å². The summed E-state index contributed by atoms with van der Waals surface area (Å²) in [5, 5.41) is 3.06. The maximum atomic E-state index is 13.2. The number of rotatable bonds is 10. The van der Waals surface area contributed by atoms with E-state index in [9.17, 15) is 9.59 Å². The summed E-state index contributed by atoms with van der Waals surface area (Å²) >= 11 is 0. The molecule has 1 N–H and O–H groups in total. The maximum Gasteiger partial charge on any atom is 0.256 e. The zero-order valence-electron chi connectivity index (χ0n) is 22.6. The minimum atomic E-state index is -0.240. The number of carbonyl (C=O) groups is 2. The summed E-state index contributed by atoms with van der Waals surface area (Å²) in [6, 6.07) is 35.5. The number of nitrogens with one attached hydrogen (secondary N) is 1. The van der Waals surface area contributed by atoms with Gasteiger partial charge in [0.15, 0.2) is 5.78 Å². The lowest BCUT2D eigenvalue weighted by Crippen LogP contribution is -2.37. The van der Waals surface area contributed by atoms with Gasteiger partial charge in [0.05, 0.1) is 6.04 Å². The Balaban J connectivity index is 1.27. The monoisotopic (exact) mass is 526 g/mol. The number of nitrogens with zero attached hydrogens (tertiary/aromatic N) is 1. The molecule has 0 bridgehead atoms. The Morgan fingerprint density at radius 2 is 1.50 bits per heavy atom. The Labute approximate surface area is 236 Å². The average Bonchev–Trinajstić information content (AvgIpc) is 3.02. The van der Waals surface area contributed by atoms with Crippen LogP contribution in [0.2, 0.25) is 0 Å². The highest BCUT2D eigenvalue weighted by Crippen LogP contribution is 2.31. The first-order valence-corrected chi connectivity index (χ1v) is 13.8. The van der Waals surface area contributed by atoms with Crippen molar-refractivity contribution in [2.75, 3.05) is 18.4 Å². The Hall–Kier alpha value is -4.54. The average molecular weight is 527 g/mol. The van der Waals surface area contributed by atoms with E-state index in [0.717, 1.165) is 40.9 Å². The van der Waals surface area contributed by atoms with Crippen LogP contribution in [0.3, 0.4) is 0 Å². The lowest BCUT2D eigenvalue weighted by atomic mass is 9.94. The molecule has 0 saturated carbocycles. The number of ketones is 1. The van der Waals surface area contributed by atoms with E-state index in [-0.39, 0.29) is 17.7 Å². The van der Waals surface area contributed by atoms with E-state index in [2.05, 4.69) is 35.0 Å². The summed E-state index contributed by atoms with van der Waals surface area (Å²) in [4.78, 5) is 28.6. The minimum Gasteiger partial charge on any atom is -0.322 e. The van der Waals surface area contributed by atoms with E-state index in [1.807, 2.05) is 103 Å². The van der Waals surface area contributed by atoms with E-state index in [0.29, 0.717) is 24.9 Å². The zero-order chi connectivity index (χ0) is 27.7. The largest absolute Gasteiger partial charge is 0.322 e. The van der Waals surface area contributed by atoms with Gasteiger partial charge in [-0.05, 0) is 58.9 Å². The normalized spacial score (nSPS) is 14.2. The maximum absolute atomic E-state index is 13.2. The number of anilines is 1. The van der Waals surface area contributed by atoms with Crippen molar-refractivity contribution in [2.45, 2.75) is 25.3 Å². The van der Waals surface area contributed by atoms with Crippen LogP contribution < -0.4 is 5.32 Å². The molecule has 4 aromatic carbocycles. The third kappa shape index (κ3) is 6.36. The number of carbonyl (C=O) groups excluding carboxylic acids is 2. The minimum absolute atomic E-state index is 0.132. The van der Waals surface area contributed by atoms with Crippen LogP contribution in [0.4, 0.5) is 5.69 Å². The van der Waals surface area contributed by atoms with Crippen LogP contribution in [0.25, 0.3) is 16.7 Å². The molecule has 4 aromatic rings. The zero-order valence-corrected chi connectivity index (χ0v) is 22.6. The fraction of sp³-hybridized carbons (Fsp3) is 0.167. The lowest BCUT2D eigenvalue weighted by Gasteiger charge is -2.33. The molecule has 0 saturated heterocycles. The molecule has 0 spiro atoms. The third-order valence-electron chi connectivity index (χ3n) is 7.39. The van der Waals surface area contributed by atoms with Crippen molar-refractivity contribution < 1.29 is 9.59 Å². The first-order valence-electron chi connectivity index (χ1n) is 13.8. The van der Waals surface area contributed by atoms with E-state index < -0.39 is 0 Å². The van der Waals surface area contributed by atoms with Gasteiger partial charge in [0.2, 0.25) is 0 Å². The second-order valence-electron chi connectivity index (χ2n) is 10.0. The molecule has 40 heavy (non-hydrogen) atoms. The number of amides is 1. The van der Waals surface area contributed by atoms with Crippen LogP contribution in [0.5, 0.6) is 0 Å². The molecule has 0 aromatic heterocycles. The molecule has 1 atom stereocenters. The van der Waals surface area contributed by atoms with E-state index in [4.69, 9.17) is 0 Å². The highest BCUT2D eigenvalue weighted by molar-refractivity contribution is 6.08. The summed E-state index contributed by atoms with van der Waals surface area (Å²) in [6.07, 6.45) is 6.08. The van der Waals surface area contributed by atoms with Gasteiger partial charge in [-0.3, -0.25) is 14.5 Å². The summed E-state index contributed by atoms with van der Waals surface area (Å²) in [7, 11) is 0. The quantitative estimate of drug-likeness (QED) is 0.213. The standard InChI is InChI=1S/C36H34N2O2/c1-2-3-18-34(39)35(30-14-8-5-9-15-30)38-25-23-28(24-26-38)27-19-21-31(22-20-27)37-36(40)33-17-11-10-16-32(33)29-12-6-4-7-13-29/h2,4-17,19-23,35H,1,3,18,24-26H2,(H,37,40). The van der Waals surface area contributed by atoms with Crippen molar-refractivity contribution in [1.82, 2.24) is 4.90 Å². The van der Waals surface area contributed by atoms with Crippen molar-refractivity contribution in [3.05, 3.63) is 145 Å². The van der Waals surface area contributed by atoms with Crippen LogP contribution in [-0.2, 0) is 4.79 Å². The Bertz CT molecular complexity index is 1490. The summed E-state index contributed by atoms with van der Waals surface area (Å²) < 4.78 is 0. The van der Waals surface area contributed by atoms with Gasteiger partial charge in [-0.1, -0.05) is 103 Å². The Morgan fingerprint density at radius 3 is 2.17 bits per heavy atom. The van der Waals surface area contributed by atoms with Gasteiger partial charge in [0.25, 0.3) is 5.91 Å². The molecule has 1 amide bonds. The van der Waals surface area contributed by atoms with Gasteiger partial charge in [0, 0.05) is 30.8 Å². The molecule has 200 valence electrons. The molecule has 1 aliphatic rings. The number of benzene rings is 4. The highest BCUT2D eigenvalue weighted by atomic mass is 16.1. The van der Waals surface area contributed by atoms with Crippen molar-refractivity contribution in [3.63, 3.8) is 0 Å². The lowest BCUT2D eigenvalue weighted by molar-refractivity contribution is -0.124. The Morgan fingerprint density at radius 1 is 0.825 bits per heavy atom. The molecular weight excluding hydrogens is 492 g/mol. The van der Waals surface area contributed by atoms with Gasteiger partial charge < -0.3 is 5.32 Å². The van der Waals surface area contributed by atoms with Crippen LogP contribution in [-0.4, -0.2) is 29.7 Å². The molecule has 1 aliphatic heterocycles. The predicted octanol–water partition coefficient (Wildman–Crippen LogP) is 7.97. The predicted molar refractivity (Wildman–Crippen MR) is 164 cm³/mol. The fourth-order valence-corrected chi connectivity index (χ4v) is 5.31. The van der Waals surface area contributed by atoms with Gasteiger partial charge in [0.1, 0.15) is 0 Å². The first-order chi connectivity index (χ1) is 19.6. The highest BCUT2D eigenvalue weighted by Gasteiger charge is 2.28. The molecule has 4 nitrogen and oxygen atoms in total. The molecule has 5 rings (SSSR count). The summed E-state index contributed by atoms with van der Waals surface area (Å²) in [5.41, 5.74) is 6.76. The van der Waals surface area contributed by atoms with Crippen molar-refractivity contribution >= 4 is 23.0 Å². The number of hydrogen-bond acceptors (Lipinski definition) is 3. The first kappa shape index (κ1) is 27.0. The number of hydrogen-bond donors (Lipinski definition) is 1. The summed E-state index contributed by atoms with van der Waals surface area (Å²) in [6.45, 7) is 5.29. The van der Waals surface area contributed by atoms with E-state index in [1.165, 1.54) is 5.57 Å². The van der Waals surface area contributed by atoms with Crippen LogP contribution in [0.1, 0.15) is 46.8 Å². The molecule has 4 heteroatoms. The molecule has 1 unspecified atom stereocenters. The summed E-state index contributed by atoms with van der Waals surface area (Å²) in [5.74, 6) is 0.102. The molecule has 0 radical (unpaired) electrons. The van der Waals surface area contributed by atoms with Crippen LogP contribution in [0, 0.1) is 0 Å². The number of Topliss-reactive ketones (excluding diaryl/α,β-unsaturated/α-hetero) is 1. The fourth-order valence-electron chi connectivity index (χ4n) is 5.31. The SMILES string of the molecule is C=CCCC(=O)C(c1ccccc1)N1CC=C(c2ccc(NC(=O)c3ccccc3-c3ccccc3)cc2)CC1. The van der Waals surface area contributed by atoms with Crippen LogP contribution >= 0.6 is 0 Å². The second-order valence-corrected chi connectivity index (χ2v) is 10.0. The molecular formula is C36H34N2O2. The molecule has 0 fully saturated rings. The van der Waals surface area contributed by atoms with Gasteiger partial charge in [-0.2, -0.15) is 0 Å². The van der Waals surface area contributed by atoms with Crippen molar-refractivity contribution in [2.24, 2.45) is 0 Å². The molecule has 1 heterocycles. The second kappa shape index (κ2) is 13.0. The molecule has 0 aliphatic carbocycles. The van der Waals surface area contributed by atoms with Gasteiger partial charge in [-0.25, -0.2) is 0 Å². The van der Waals surface area contributed by atoms with Crippen LogP contribution in [0.15, 0.2) is 128 Å².